The summed E-state index contributed by atoms with van der Waals surface area (Å²) in [7, 11) is 0. The van der Waals surface area contributed by atoms with Crippen LogP contribution in [0, 0.1) is 0 Å². The normalized spacial score (nSPS) is 14.2. The largest absolute Gasteiger partial charge is 0.454 e. The molecule has 3 heterocycles. The molecule has 5 nitrogen and oxygen atoms in total. The molecule has 11 rings (SSSR count). The Bertz CT molecular complexity index is 3140. The lowest BCUT2D eigenvalue weighted by Gasteiger charge is -2.24. The minimum Gasteiger partial charge on any atom is -0.454 e. The van der Waals surface area contributed by atoms with Crippen molar-refractivity contribution < 1.29 is 4.42 Å². The highest BCUT2D eigenvalue weighted by Crippen LogP contribution is 2.41. The summed E-state index contributed by atoms with van der Waals surface area (Å²) in [6.07, 6.45) is -0.305. The van der Waals surface area contributed by atoms with E-state index < -0.39 is 0 Å². The lowest BCUT2D eigenvalue weighted by atomic mass is 10.0. The number of nitrogens with one attached hydrogen (secondary N) is 1. The van der Waals surface area contributed by atoms with Crippen molar-refractivity contribution in [1.29, 1.82) is 0 Å². The van der Waals surface area contributed by atoms with Gasteiger partial charge < -0.3 is 14.3 Å². The summed E-state index contributed by atoms with van der Waals surface area (Å²) < 4.78 is 9.31. The molecule has 264 valence electrons. The van der Waals surface area contributed by atoms with Crippen molar-refractivity contribution in [3.63, 3.8) is 0 Å². The van der Waals surface area contributed by atoms with Gasteiger partial charge in [-0.15, -0.1) is 0 Å². The summed E-state index contributed by atoms with van der Waals surface area (Å²) in [5.41, 5.74) is 12.5. The van der Waals surface area contributed by atoms with Crippen LogP contribution in [0.4, 0.5) is 0 Å². The van der Waals surface area contributed by atoms with Gasteiger partial charge in [-0.2, -0.15) is 0 Å². The Labute approximate surface area is 323 Å². The third kappa shape index (κ3) is 5.32. The highest BCUT2D eigenvalue weighted by atomic mass is 16.3. The van der Waals surface area contributed by atoms with Crippen LogP contribution in [0.5, 0.6) is 0 Å². The molecule has 1 atom stereocenters. The van der Waals surface area contributed by atoms with E-state index in [1.54, 1.807) is 0 Å². The lowest BCUT2D eigenvalue weighted by Crippen LogP contribution is -2.33. The van der Waals surface area contributed by atoms with Gasteiger partial charge in [0, 0.05) is 32.7 Å². The summed E-state index contributed by atoms with van der Waals surface area (Å²) in [5, 5.41) is 8.09. The molecule has 1 aliphatic heterocycles. The number of hydrogen-bond acceptors (Lipinski definition) is 4. The van der Waals surface area contributed by atoms with E-state index in [4.69, 9.17) is 14.4 Å². The van der Waals surface area contributed by atoms with Crippen LogP contribution in [0.25, 0.3) is 71.7 Å². The van der Waals surface area contributed by atoms with Crippen molar-refractivity contribution in [3.05, 3.63) is 211 Å². The van der Waals surface area contributed by atoms with E-state index in [1.165, 1.54) is 27.5 Å². The molecule has 5 heteroatoms. The summed E-state index contributed by atoms with van der Waals surface area (Å²) in [5.74, 6) is 1.44. The van der Waals surface area contributed by atoms with Gasteiger partial charge in [-0.3, -0.25) is 0 Å². The number of benzene rings is 8. The van der Waals surface area contributed by atoms with Crippen LogP contribution in [-0.2, 0) is 0 Å². The zero-order chi connectivity index (χ0) is 37.0. The Morgan fingerprint density at radius 2 is 1.12 bits per heavy atom. The molecular weight excluding hydrogens is 685 g/mol. The van der Waals surface area contributed by atoms with Gasteiger partial charge in [0.1, 0.15) is 17.6 Å². The van der Waals surface area contributed by atoms with Crippen molar-refractivity contribution in [2.24, 2.45) is 9.98 Å². The van der Waals surface area contributed by atoms with Gasteiger partial charge in [-0.05, 0) is 58.1 Å². The highest BCUT2D eigenvalue weighted by Gasteiger charge is 2.25. The molecule has 0 bridgehead atoms. The number of aromatic nitrogens is 1. The molecule has 0 saturated carbocycles. The Morgan fingerprint density at radius 3 is 1.86 bits per heavy atom. The van der Waals surface area contributed by atoms with Crippen molar-refractivity contribution in [1.82, 2.24) is 9.88 Å². The Morgan fingerprint density at radius 1 is 0.482 bits per heavy atom. The SMILES string of the molecule is c1ccc(C2=NC(c3ccccc3)NC(c3cccc4oc5c(-n6c7ccc(-c8ccccc8)cc7c7ccc(-c8ccccc8)cc76)cccc5c34)=N2)cc1. The Hall–Kier alpha value is -7.50. The Kier molecular flexibility index (Phi) is 7.49. The van der Waals surface area contributed by atoms with Gasteiger partial charge in [0.05, 0.1) is 16.7 Å². The lowest BCUT2D eigenvalue weighted by molar-refractivity contribution is 0.665. The van der Waals surface area contributed by atoms with Crippen LogP contribution in [0.1, 0.15) is 22.9 Å². The van der Waals surface area contributed by atoms with E-state index in [9.17, 15) is 0 Å². The number of nitrogens with zero attached hydrogens (tertiary/aromatic N) is 3. The van der Waals surface area contributed by atoms with E-state index >= 15 is 0 Å². The summed E-state index contributed by atoms with van der Waals surface area (Å²) >= 11 is 0. The smallest absolute Gasteiger partial charge is 0.159 e. The molecule has 8 aromatic carbocycles. The summed E-state index contributed by atoms with van der Waals surface area (Å²) in [4.78, 5) is 10.2. The van der Waals surface area contributed by atoms with E-state index in [0.717, 1.165) is 66.7 Å². The van der Waals surface area contributed by atoms with Crippen molar-refractivity contribution in [2.45, 2.75) is 6.17 Å². The molecule has 0 spiro atoms. The van der Waals surface area contributed by atoms with Crippen LogP contribution in [0.3, 0.4) is 0 Å². The van der Waals surface area contributed by atoms with Gasteiger partial charge in [-0.1, -0.05) is 164 Å². The van der Waals surface area contributed by atoms with Crippen LogP contribution >= 0.6 is 0 Å². The third-order valence-electron chi connectivity index (χ3n) is 10.9. The molecule has 0 aliphatic carbocycles. The van der Waals surface area contributed by atoms with Crippen LogP contribution < -0.4 is 5.32 Å². The fourth-order valence-electron chi connectivity index (χ4n) is 8.22. The van der Waals surface area contributed by atoms with Gasteiger partial charge in [-0.25, -0.2) is 9.98 Å². The molecule has 0 saturated heterocycles. The molecule has 10 aromatic rings. The van der Waals surface area contributed by atoms with E-state index in [0.29, 0.717) is 5.84 Å². The molecule has 1 aliphatic rings. The van der Waals surface area contributed by atoms with Gasteiger partial charge in [0.15, 0.2) is 11.4 Å². The number of hydrogen-bond donors (Lipinski definition) is 1. The Balaban J connectivity index is 1.13. The number of rotatable bonds is 6. The van der Waals surface area contributed by atoms with E-state index in [-0.39, 0.29) is 6.17 Å². The van der Waals surface area contributed by atoms with Crippen molar-refractivity contribution in [2.75, 3.05) is 0 Å². The predicted molar refractivity (Wildman–Crippen MR) is 231 cm³/mol. The average molecular weight is 719 g/mol. The van der Waals surface area contributed by atoms with E-state index in [1.807, 2.05) is 42.5 Å². The minimum atomic E-state index is -0.305. The maximum absolute atomic E-state index is 6.93. The zero-order valence-corrected chi connectivity index (χ0v) is 30.3. The minimum absolute atomic E-state index is 0.305. The van der Waals surface area contributed by atoms with Crippen LogP contribution in [0.2, 0.25) is 0 Å². The fourth-order valence-corrected chi connectivity index (χ4v) is 8.22. The number of amidine groups is 2. The second-order valence-electron chi connectivity index (χ2n) is 14.2. The standard InChI is InChI=1S/C51H34N4O/c1-5-15-33(16-6-1)37-28-30-43-42(31-37)39-29-27-38(34-17-7-2-8-18-34)32-45(39)55(43)44-25-13-23-40-47-41(24-14-26-46(47)56-48(40)44)51-53-49(35-19-9-3-10-20-35)52-50(54-51)36-21-11-4-12-22-36/h1-32,49H,(H,52,53,54). The number of furan rings is 1. The summed E-state index contributed by atoms with van der Waals surface area (Å²) in [6.45, 7) is 0. The van der Waals surface area contributed by atoms with Crippen molar-refractivity contribution >= 4 is 55.4 Å². The fraction of sp³-hybridized carbons (Fsp3) is 0.0196. The highest BCUT2D eigenvalue weighted by molar-refractivity contribution is 6.23. The first kappa shape index (κ1) is 32.0. The second kappa shape index (κ2) is 13.1. The third-order valence-corrected chi connectivity index (χ3v) is 10.9. The average Bonchev–Trinajstić information content (AvgIpc) is 3.83. The molecule has 0 amide bonds. The van der Waals surface area contributed by atoms with Gasteiger partial charge in [0.25, 0.3) is 0 Å². The molecule has 1 unspecified atom stereocenters. The van der Waals surface area contributed by atoms with E-state index in [2.05, 4.69) is 162 Å². The molecule has 0 fully saturated rings. The maximum atomic E-state index is 6.93. The van der Waals surface area contributed by atoms with Crippen molar-refractivity contribution in [3.8, 4) is 27.9 Å². The van der Waals surface area contributed by atoms with Crippen LogP contribution in [0.15, 0.2) is 209 Å². The van der Waals surface area contributed by atoms with Gasteiger partial charge >= 0.3 is 0 Å². The topological polar surface area (TPSA) is 54.8 Å². The monoisotopic (exact) mass is 718 g/mol. The first-order valence-corrected chi connectivity index (χ1v) is 18.9. The summed E-state index contributed by atoms with van der Waals surface area (Å²) in [6, 6.07) is 68.0. The number of aliphatic imine (C=N–C) groups is 2. The number of fused-ring (bicyclic) bond motifs is 6. The molecule has 0 radical (unpaired) electrons. The van der Waals surface area contributed by atoms with Gasteiger partial charge in [0.2, 0.25) is 0 Å². The van der Waals surface area contributed by atoms with Crippen LogP contribution in [-0.4, -0.2) is 16.2 Å². The quantitative estimate of drug-likeness (QED) is 0.186. The first-order chi connectivity index (χ1) is 27.8. The molecular formula is C51H34N4O. The maximum Gasteiger partial charge on any atom is 0.159 e. The molecule has 56 heavy (non-hydrogen) atoms. The predicted octanol–water partition coefficient (Wildman–Crippen LogP) is 12.5. The second-order valence-corrected chi connectivity index (χ2v) is 14.2. The molecule has 1 N–H and O–H groups in total. The zero-order valence-electron chi connectivity index (χ0n) is 30.3. The molecule has 2 aromatic heterocycles. The number of para-hydroxylation sites is 1. The first-order valence-electron chi connectivity index (χ1n) is 18.9.